The van der Waals surface area contributed by atoms with Gasteiger partial charge in [-0.25, -0.2) is 0 Å². The van der Waals surface area contributed by atoms with Crippen LogP contribution in [-0.2, 0) is 9.59 Å². The number of carbonyl (C=O) groups excluding carboxylic acids is 1. The molecule has 4 nitrogen and oxygen atoms in total. The molecule has 1 amide bonds. The zero-order chi connectivity index (χ0) is 15.4. The predicted molar refractivity (Wildman–Crippen MR) is 81.1 cm³/mol. The first-order chi connectivity index (χ1) is 9.99. The highest BCUT2D eigenvalue weighted by molar-refractivity contribution is 6.30. The molecule has 1 aromatic rings. The third-order valence-corrected chi connectivity index (χ3v) is 4.36. The number of benzene rings is 1. The molecule has 21 heavy (non-hydrogen) atoms. The average Bonchev–Trinajstić information content (AvgIpc) is 2.47. The van der Waals surface area contributed by atoms with Crippen molar-refractivity contribution >= 4 is 23.5 Å². The summed E-state index contributed by atoms with van der Waals surface area (Å²) in [5, 5.41) is 12.8. The standard InChI is InChI=1S/C16H20ClNO3/c1-10(11-5-4-6-12(17)9-11)18-15(19)13-7-2-3-8-14(13)16(20)21/h4-6,9-10,13-14H,2-3,7-8H2,1H3,(H,18,19)(H,20,21)/t10?,13-,14+/m1/s1. The van der Waals surface area contributed by atoms with Crippen molar-refractivity contribution < 1.29 is 14.7 Å². The van der Waals surface area contributed by atoms with E-state index in [1.165, 1.54) is 0 Å². The topological polar surface area (TPSA) is 66.4 Å². The number of hydrogen-bond donors (Lipinski definition) is 2. The number of carboxylic acid groups (broad SMARTS) is 1. The van der Waals surface area contributed by atoms with Gasteiger partial charge < -0.3 is 10.4 Å². The molecule has 2 N–H and O–H groups in total. The summed E-state index contributed by atoms with van der Waals surface area (Å²) in [5.74, 6) is -2.04. The lowest BCUT2D eigenvalue weighted by atomic mass is 9.78. The van der Waals surface area contributed by atoms with Crippen molar-refractivity contribution in [2.45, 2.75) is 38.6 Å². The number of rotatable bonds is 4. The molecule has 0 radical (unpaired) electrons. The molecular weight excluding hydrogens is 290 g/mol. The van der Waals surface area contributed by atoms with Crippen LogP contribution in [0.25, 0.3) is 0 Å². The quantitative estimate of drug-likeness (QED) is 0.895. The van der Waals surface area contributed by atoms with Gasteiger partial charge >= 0.3 is 5.97 Å². The summed E-state index contributed by atoms with van der Waals surface area (Å²) in [5.41, 5.74) is 0.915. The summed E-state index contributed by atoms with van der Waals surface area (Å²) >= 11 is 5.95. The maximum Gasteiger partial charge on any atom is 0.307 e. The van der Waals surface area contributed by atoms with E-state index in [-0.39, 0.29) is 11.9 Å². The Labute approximate surface area is 129 Å². The van der Waals surface area contributed by atoms with Gasteiger partial charge in [-0.1, -0.05) is 36.6 Å². The fourth-order valence-corrected chi connectivity index (χ4v) is 3.12. The second kappa shape index (κ2) is 6.94. The van der Waals surface area contributed by atoms with Crippen LogP contribution in [0, 0.1) is 11.8 Å². The summed E-state index contributed by atoms with van der Waals surface area (Å²) in [6.07, 6.45) is 3.02. The number of carboxylic acids is 1. The minimum atomic E-state index is -0.870. The summed E-state index contributed by atoms with van der Waals surface area (Å²) in [4.78, 5) is 23.6. The summed E-state index contributed by atoms with van der Waals surface area (Å²) < 4.78 is 0. The highest BCUT2D eigenvalue weighted by Crippen LogP contribution is 2.31. The lowest BCUT2D eigenvalue weighted by Crippen LogP contribution is -2.40. The summed E-state index contributed by atoms with van der Waals surface area (Å²) in [6.45, 7) is 1.88. The highest BCUT2D eigenvalue weighted by Gasteiger charge is 2.36. The first kappa shape index (κ1) is 15.8. The van der Waals surface area contributed by atoms with Gasteiger partial charge in [0.05, 0.1) is 17.9 Å². The number of halogens is 1. The van der Waals surface area contributed by atoms with Gasteiger partial charge in [0.15, 0.2) is 0 Å². The van der Waals surface area contributed by atoms with E-state index in [9.17, 15) is 14.7 Å². The maximum absolute atomic E-state index is 12.4. The molecule has 1 aromatic carbocycles. The fourth-order valence-electron chi connectivity index (χ4n) is 2.92. The van der Waals surface area contributed by atoms with Gasteiger partial charge in [0.2, 0.25) is 5.91 Å². The Kier molecular flexibility index (Phi) is 5.23. The first-order valence-electron chi connectivity index (χ1n) is 7.27. The van der Waals surface area contributed by atoms with Crippen molar-refractivity contribution in [2.75, 3.05) is 0 Å². The molecule has 0 spiro atoms. The predicted octanol–water partition coefficient (Wildman–Crippen LogP) is 3.41. The van der Waals surface area contributed by atoms with Gasteiger partial charge in [-0.3, -0.25) is 9.59 Å². The summed E-state index contributed by atoms with van der Waals surface area (Å²) in [6, 6.07) is 7.13. The Balaban J connectivity index is 2.04. The Morgan fingerprint density at radius 2 is 1.95 bits per heavy atom. The molecular formula is C16H20ClNO3. The number of carbonyl (C=O) groups is 2. The third-order valence-electron chi connectivity index (χ3n) is 4.13. The van der Waals surface area contributed by atoms with E-state index in [1.54, 1.807) is 6.07 Å². The molecule has 1 unspecified atom stereocenters. The largest absolute Gasteiger partial charge is 0.481 e. The van der Waals surface area contributed by atoms with Crippen LogP contribution in [0.4, 0.5) is 0 Å². The molecule has 0 bridgehead atoms. The van der Waals surface area contributed by atoms with Gasteiger partial charge in [-0.05, 0) is 37.5 Å². The fraction of sp³-hybridized carbons (Fsp3) is 0.500. The normalized spacial score (nSPS) is 23.3. The molecule has 1 aliphatic carbocycles. The second-order valence-electron chi connectivity index (χ2n) is 5.62. The smallest absolute Gasteiger partial charge is 0.307 e. The third kappa shape index (κ3) is 3.97. The van der Waals surface area contributed by atoms with E-state index in [0.29, 0.717) is 17.9 Å². The molecule has 0 saturated heterocycles. The van der Waals surface area contributed by atoms with Gasteiger partial charge in [0, 0.05) is 5.02 Å². The molecule has 5 heteroatoms. The molecule has 3 atom stereocenters. The van der Waals surface area contributed by atoms with Crippen LogP contribution in [0.5, 0.6) is 0 Å². The maximum atomic E-state index is 12.4. The zero-order valence-corrected chi connectivity index (χ0v) is 12.8. The van der Waals surface area contributed by atoms with E-state index >= 15 is 0 Å². The molecule has 1 fully saturated rings. The average molecular weight is 310 g/mol. The lowest BCUT2D eigenvalue weighted by Gasteiger charge is -2.28. The van der Waals surface area contributed by atoms with Crippen LogP contribution in [0.3, 0.4) is 0 Å². The molecule has 114 valence electrons. The van der Waals surface area contributed by atoms with Crippen molar-refractivity contribution in [2.24, 2.45) is 11.8 Å². The van der Waals surface area contributed by atoms with Crippen molar-refractivity contribution in [3.05, 3.63) is 34.9 Å². The molecule has 0 aromatic heterocycles. The van der Waals surface area contributed by atoms with E-state index < -0.39 is 17.8 Å². The van der Waals surface area contributed by atoms with Crippen LogP contribution in [0.2, 0.25) is 5.02 Å². The van der Waals surface area contributed by atoms with Crippen molar-refractivity contribution in [3.63, 3.8) is 0 Å². The van der Waals surface area contributed by atoms with Crippen LogP contribution < -0.4 is 5.32 Å². The van der Waals surface area contributed by atoms with Gasteiger partial charge in [-0.2, -0.15) is 0 Å². The Hall–Kier alpha value is -1.55. The zero-order valence-electron chi connectivity index (χ0n) is 12.0. The number of amides is 1. The highest BCUT2D eigenvalue weighted by atomic mass is 35.5. The van der Waals surface area contributed by atoms with Gasteiger partial charge in [0.25, 0.3) is 0 Å². The van der Waals surface area contributed by atoms with Gasteiger partial charge in [-0.15, -0.1) is 0 Å². The van der Waals surface area contributed by atoms with E-state index in [0.717, 1.165) is 18.4 Å². The monoisotopic (exact) mass is 309 g/mol. The molecule has 2 rings (SSSR count). The van der Waals surface area contributed by atoms with E-state index in [2.05, 4.69) is 5.32 Å². The number of aliphatic carboxylic acids is 1. The number of nitrogens with one attached hydrogen (secondary N) is 1. The van der Waals surface area contributed by atoms with E-state index in [4.69, 9.17) is 11.6 Å². The van der Waals surface area contributed by atoms with Crippen molar-refractivity contribution in [3.8, 4) is 0 Å². The van der Waals surface area contributed by atoms with Crippen molar-refractivity contribution in [1.29, 1.82) is 0 Å². The van der Waals surface area contributed by atoms with E-state index in [1.807, 2.05) is 25.1 Å². The van der Waals surface area contributed by atoms with Crippen LogP contribution >= 0.6 is 11.6 Å². The van der Waals surface area contributed by atoms with Crippen molar-refractivity contribution in [1.82, 2.24) is 5.32 Å². The van der Waals surface area contributed by atoms with Gasteiger partial charge in [0.1, 0.15) is 0 Å². The Morgan fingerprint density at radius 3 is 2.57 bits per heavy atom. The lowest BCUT2D eigenvalue weighted by molar-refractivity contribution is -0.149. The molecule has 1 saturated carbocycles. The first-order valence-corrected chi connectivity index (χ1v) is 7.65. The Morgan fingerprint density at radius 1 is 1.29 bits per heavy atom. The minimum Gasteiger partial charge on any atom is -0.481 e. The second-order valence-corrected chi connectivity index (χ2v) is 6.06. The van der Waals surface area contributed by atoms with Crippen LogP contribution in [0.15, 0.2) is 24.3 Å². The molecule has 0 aliphatic heterocycles. The number of hydrogen-bond acceptors (Lipinski definition) is 2. The SMILES string of the molecule is CC(NC(=O)[C@@H]1CCCC[C@@H]1C(=O)O)c1cccc(Cl)c1. The Bertz CT molecular complexity index is 532. The minimum absolute atomic E-state index is 0.172. The van der Waals surface area contributed by atoms with Crippen LogP contribution in [-0.4, -0.2) is 17.0 Å². The molecule has 1 aliphatic rings. The molecule has 0 heterocycles. The van der Waals surface area contributed by atoms with Crippen LogP contribution in [0.1, 0.15) is 44.2 Å². The summed E-state index contributed by atoms with van der Waals surface area (Å²) in [7, 11) is 0.